The van der Waals surface area contributed by atoms with E-state index in [-0.39, 0.29) is 5.91 Å². The number of aromatic nitrogens is 1. The third-order valence-corrected chi connectivity index (χ3v) is 6.64. The van der Waals surface area contributed by atoms with Gasteiger partial charge in [0, 0.05) is 56.8 Å². The van der Waals surface area contributed by atoms with Crippen molar-refractivity contribution in [3.05, 3.63) is 84.1 Å². The van der Waals surface area contributed by atoms with Gasteiger partial charge in [0.1, 0.15) is 5.75 Å². The van der Waals surface area contributed by atoms with Crippen LogP contribution in [0.5, 0.6) is 5.75 Å². The second-order valence-electron chi connectivity index (χ2n) is 7.90. The van der Waals surface area contributed by atoms with Crippen molar-refractivity contribution in [1.82, 2.24) is 15.2 Å². The highest BCUT2D eigenvalue weighted by Crippen LogP contribution is 2.28. The molecule has 172 valence electrons. The number of hydrogen-bond donors (Lipinski definition) is 1. The van der Waals surface area contributed by atoms with Gasteiger partial charge in [0.2, 0.25) is 0 Å². The van der Waals surface area contributed by atoms with Crippen molar-refractivity contribution in [3.8, 4) is 5.75 Å². The van der Waals surface area contributed by atoms with Gasteiger partial charge in [-0.25, -0.2) is 4.98 Å². The number of hydrogen-bond acceptors (Lipinski definition) is 6. The minimum atomic E-state index is -0.0337. The minimum absolute atomic E-state index is 0.0337. The van der Waals surface area contributed by atoms with E-state index in [0.29, 0.717) is 12.1 Å². The van der Waals surface area contributed by atoms with Crippen LogP contribution in [0.4, 0.5) is 5.69 Å². The average molecular weight is 463 g/mol. The fourth-order valence-electron chi connectivity index (χ4n) is 3.91. The molecule has 1 aliphatic heterocycles. The number of amides is 1. The zero-order valence-corrected chi connectivity index (χ0v) is 19.8. The Labute approximate surface area is 200 Å². The summed E-state index contributed by atoms with van der Waals surface area (Å²) in [6.07, 6.45) is 1.78. The van der Waals surface area contributed by atoms with Gasteiger partial charge in [-0.2, -0.15) is 0 Å². The molecule has 1 aromatic heterocycles. The number of methoxy groups -OCH3 is 1. The third kappa shape index (κ3) is 6.49. The maximum atomic E-state index is 12.4. The molecular formula is C26H30N4O2S. The summed E-state index contributed by atoms with van der Waals surface area (Å²) in [6, 6.07) is 22.0. The lowest BCUT2D eigenvalue weighted by atomic mass is 10.1. The predicted molar refractivity (Wildman–Crippen MR) is 134 cm³/mol. The average Bonchev–Trinajstić information content (AvgIpc) is 2.88. The van der Waals surface area contributed by atoms with E-state index in [2.05, 4.69) is 44.4 Å². The molecule has 1 fully saturated rings. The number of ether oxygens (including phenoxy) is 1. The SMILES string of the molecule is COc1ccccc1N1CCN(Cc2ccc(C(=O)NCCSc3ccccn3)cc2)CC1. The molecule has 1 aliphatic rings. The van der Waals surface area contributed by atoms with Crippen molar-refractivity contribution in [2.75, 3.05) is 50.5 Å². The molecule has 2 aromatic carbocycles. The Morgan fingerprint density at radius 1 is 1.00 bits per heavy atom. The molecule has 2 heterocycles. The highest BCUT2D eigenvalue weighted by Gasteiger charge is 2.19. The summed E-state index contributed by atoms with van der Waals surface area (Å²) in [4.78, 5) is 21.5. The molecule has 1 saturated heterocycles. The first-order valence-electron chi connectivity index (χ1n) is 11.2. The number of rotatable bonds is 9. The number of benzene rings is 2. The number of nitrogens with one attached hydrogen (secondary N) is 1. The predicted octanol–water partition coefficient (Wildman–Crippen LogP) is 3.93. The lowest BCUT2D eigenvalue weighted by molar-refractivity contribution is 0.0956. The molecule has 0 atom stereocenters. The third-order valence-electron chi connectivity index (χ3n) is 5.70. The van der Waals surface area contributed by atoms with Crippen LogP contribution >= 0.6 is 11.8 Å². The molecule has 0 spiro atoms. The number of thioether (sulfide) groups is 1. The molecule has 0 aliphatic carbocycles. The molecule has 3 aromatic rings. The van der Waals surface area contributed by atoms with Crippen LogP contribution in [0.3, 0.4) is 0 Å². The van der Waals surface area contributed by atoms with Gasteiger partial charge in [-0.05, 0) is 42.0 Å². The number of anilines is 1. The summed E-state index contributed by atoms with van der Waals surface area (Å²) >= 11 is 1.64. The Morgan fingerprint density at radius 2 is 1.76 bits per heavy atom. The van der Waals surface area contributed by atoms with Crippen LogP contribution in [0, 0.1) is 0 Å². The number of carbonyl (C=O) groups excluding carboxylic acids is 1. The van der Waals surface area contributed by atoms with Gasteiger partial charge < -0.3 is 15.0 Å². The minimum Gasteiger partial charge on any atom is -0.495 e. The van der Waals surface area contributed by atoms with Gasteiger partial charge in [0.15, 0.2) is 0 Å². The number of piperazine rings is 1. The van der Waals surface area contributed by atoms with Crippen molar-refractivity contribution in [2.24, 2.45) is 0 Å². The quantitative estimate of drug-likeness (QED) is 0.384. The molecule has 0 unspecified atom stereocenters. The Kier molecular flexibility index (Phi) is 8.22. The number of nitrogens with zero attached hydrogens (tertiary/aromatic N) is 3. The maximum absolute atomic E-state index is 12.4. The van der Waals surface area contributed by atoms with E-state index in [9.17, 15) is 4.79 Å². The van der Waals surface area contributed by atoms with E-state index in [1.807, 2.05) is 42.5 Å². The zero-order valence-electron chi connectivity index (χ0n) is 18.9. The van der Waals surface area contributed by atoms with Crippen molar-refractivity contribution in [1.29, 1.82) is 0 Å². The topological polar surface area (TPSA) is 57.7 Å². The summed E-state index contributed by atoms with van der Waals surface area (Å²) in [5.41, 5.74) is 3.08. The molecular weight excluding hydrogens is 432 g/mol. The van der Waals surface area contributed by atoms with Gasteiger partial charge in [0.25, 0.3) is 5.91 Å². The molecule has 6 nitrogen and oxygen atoms in total. The summed E-state index contributed by atoms with van der Waals surface area (Å²) in [5.74, 6) is 1.69. The standard InChI is InChI=1S/C26H30N4O2S/c1-32-24-7-3-2-6-23(24)30-17-15-29(16-18-30)20-21-9-11-22(12-10-21)26(31)28-14-19-33-25-8-4-5-13-27-25/h2-13H,14-20H2,1H3,(H,28,31). The van der Waals surface area contributed by atoms with Crippen LogP contribution in [0.1, 0.15) is 15.9 Å². The highest BCUT2D eigenvalue weighted by molar-refractivity contribution is 7.99. The second kappa shape index (κ2) is 11.7. The first-order valence-corrected chi connectivity index (χ1v) is 12.2. The normalized spacial score (nSPS) is 14.2. The molecule has 33 heavy (non-hydrogen) atoms. The number of pyridine rings is 1. The van der Waals surface area contributed by atoms with E-state index in [4.69, 9.17) is 4.74 Å². The lowest BCUT2D eigenvalue weighted by Crippen LogP contribution is -2.46. The van der Waals surface area contributed by atoms with Gasteiger partial charge in [-0.3, -0.25) is 9.69 Å². The highest BCUT2D eigenvalue weighted by atomic mass is 32.2. The molecule has 1 N–H and O–H groups in total. The summed E-state index contributed by atoms with van der Waals surface area (Å²) < 4.78 is 5.51. The Balaban J connectivity index is 1.21. The first kappa shape index (κ1) is 23.1. The largest absolute Gasteiger partial charge is 0.495 e. The summed E-state index contributed by atoms with van der Waals surface area (Å²) in [5, 5.41) is 3.96. The molecule has 7 heteroatoms. The van der Waals surface area contributed by atoms with Crippen molar-refractivity contribution >= 4 is 23.4 Å². The Bertz CT molecular complexity index is 1020. The molecule has 0 bridgehead atoms. The molecule has 1 amide bonds. The van der Waals surface area contributed by atoms with E-state index in [1.165, 1.54) is 5.56 Å². The van der Waals surface area contributed by atoms with Crippen LogP contribution < -0.4 is 15.0 Å². The van der Waals surface area contributed by atoms with Crippen molar-refractivity contribution < 1.29 is 9.53 Å². The Morgan fingerprint density at radius 3 is 2.48 bits per heavy atom. The van der Waals surface area contributed by atoms with Crippen LogP contribution in [0.15, 0.2) is 78.0 Å². The lowest BCUT2D eigenvalue weighted by Gasteiger charge is -2.36. The van der Waals surface area contributed by atoms with Crippen LogP contribution in [-0.2, 0) is 6.54 Å². The Hall–Kier alpha value is -3.03. The molecule has 0 radical (unpaired) electrons. The second-order valence-corrected chi connectivity index (χ2v) is 9.02. The van der Waals surface area contributed by atoms with Crippen LogP contribution in [0.25, 0.3) is 0 Å². The van der Waals surface area contributed by atoms with Gasteiger partial charge in [-0.15, -0.1) is 11.8 Å². The number of para-hydroxylation sites is 2. The zero-order chi connectivity index (χ0) is 22.9. The molecule has 4 rings (SSSR count). The van der Waals surface area contributed by atoms with Crippen LogP contribution in [0.2, 0.25) is 0 Å². The summed E-state index contributed by atoms with van der Waals surface area (Å²) in [6.45, 7) is 5.43. The monoisotopic (exact) mass is 462 g/mol. The van der Waals surface area contributed by atoms with E-state index < -0.39 is 0 Å². The van der Waals surface area contributed by atoms with Gasteiger partial charge in [0.05, 0.1) is 17.8 Å². The van der Waals surface area contributed by atoms with Gasteiger partial charge >= 0.3 is 0 Å². The van der Waals surface area contributed by atoms with Gasteiger partial charge in [-0.1, -0.05) is 30.3 Å². The van der Waals surface area contributed by atoms with E-state index in [0.717, 1.165) is 54.9 Å². The van der Waals surface area contributed by atoms with Crippen LogP contribution in [-0.4, -0.2) is 61.4 Å². The first-order chi connectivity index (χ1) is 16.2. The van der Waals surface area contributed by atoms with E-state index in [1.54, 1.807) is 25.1 Å². The fourth-order valence-corrected chi connectivity index (χ4v) is 4.64. The van der Waals surface area contributed by atoms with E-state index >= 15 is 0 Å². The smallest absolute Gasteiger partial charge is 0.251 e. The van der Waals surface area contributed by atoms with Crippen molar-refractivity contribution in [2.45, 2.75) is 11.6 Å². The maximum Gasteiger partial charge on any atom is 0.251 e. The van der Waals surface area contributed by atoms with Crippen molar-refractivity contribution in [3.63, 3.8) is 0 Å². The molecule has 0 saturated carbocycles. The number of carbonyl (C=O) groups is 1. The fraction of sp³-hybridized carbons (Fsp3) is 0.308. The summed E-state index contributed by atoms with van der Waals surface area (Å²) in [7, 11) is 1.72.